The first-order valence-corrected chi connectivity index (χ1v) is 1.16. The lowest BCUT2D eigenvalue weighted by Gasteiger charge is -2.09. The van der Waals surface area contributed by atoms with Crippen LogP contribution in [0.5, 0.6) is 0 Å². The molecule has 1 aliphatic rings. The van der Waals surface area contributed by atoms with Gasteiger partial charge in [-0.15, -0.1) is 0 Å². The van der Waals surface area contributed by atoms with Crippen molar-refractivity contribution < 1.29 is 0 Å². The lowest BCUT2D eigenvalue weighted by Crippen LogP contribution is -2.56. The monoisotopic (exact) mass is 52.0 g/mol. The highest BCUT2D eigenvalue weighted by Gasteiger charge is 1.97. The molecule has 0 atom stereocenters. The summed E-state index contributed by atoms with van der Waals surface area (Å²) in [5.41, 5.74) is 0. The Morgan fingerprint density at radius 1 is 1.00 bits per heavy atom. The van der Waals surface area contributed by atoms with Crippen molar-refractivity contribution in [1.82, 2.24) is 10.7 Å². The highest BCUT2D eigenvalue weighted by atomic mass is 15.3. The molecule has 2 N–H and O–H groups in total. The van der Waals surface area contributed by atoms with Gasteiger partial charge >= 0.3 is 0 Å². The van der Waals surface area contributed by atoms with Gasteiger partial charge in [0.15, 0.2) is 14.6 Å². The van der Waals surface area contributed by atoms with Gasteiger partial charge in [0.05, 0.1) is 0 Å². The molecule has 0 spiro atoms. The van der Waals surface area contributed by atoms with Gasteiger partial charge in [0.2, 0.25) is 0 Å². The number of hydrazine groups is 1. The summed E-state index contributed by atoms with van der Waals surface area (Å²) in [6.45, 7) is 0. The first-order valence-electron chi connectivity index (χ1n) is 1.16. The van der Waals surface area contributed by atoms with Crippen LogP contribution in [0.4, 0.5) is 0 Å². The summed E-state index contributed by atoms with van der Waals surface area (Å²) in [7, 11) is 3.64. The molecule has 0 aromatic rings. The third-order valence-electron chi connectivity index (χ3n) is 0.333. The summed E-state index contributed by atoms with van der Waals surface area (Å²) in [5.74, 6) is 0. The van der Waals surface area contributed by atoms with Gasteiger partial charge in [-0.05, 0) is 0 Å². The van der Waals surface area contributed by atoms with E-state index in [9.17, 15) is 0 Å². The molecule has 1 aliphatic heterocycles. The van der Waals surface area contributed by atoms with Gasteiger partial charge in [-0.2, -0.15) is 0 Å². The van der Waals surface area contributed by atoms with E-state index in [1.165, 1.54) is 0 Å². The average molecular weight is 51.7 g/mol. The molecule has 4 heteroatoms. The van der Waals surface area contributed by atoms with Crippen LogP contribution >= 0.6 is 0 Å². The topological polar surface area (TPSA) is 24.1 Å². The zero-order valence-electron chi connectivity index (χ0n) is 2.15. The molecule has 0 aromatic carbocycles. The predicted molar refractivity (Wildman–Crippen MR) is 17.8 cm³/mol. The molecule has 1 saturated heterocycles. The number of hydrogen-bond donors (Lipinski definition) is 2. The second-order valence-corrected chi connectivity index (χ2v) is 0.622. The molecule has 18 valence electrons. The molecule has 0 saturated carbocycles. The van der Waals surface area contributed by atoms with Crippen LogP contribution in [-0.2, 0) is 0 Å². The van der Waals surface area contributed by atoms with Crippen molar-refractivity contribution in [2.24, 2.45) is 0 Å². The minimum absolute atomic E-state index is 1.82. The molecule has 1 fully saturated rings. The molecule has 0 unspecified atom stereocenters. The van der Waals surface area contributed by atoms with Gasteiger partial charge in [0.1, 0.15) is 0 Å². The fourth-order valence-corrected chi connectivity index (χ4v) is 0.0833. The van der Waals surface area contributed by atoms with Gasteiger partial charge in [-0.25, -0.2) is 0 Å². The molecule has 0 amide bonds. The number of rotatable bonds is 0. The molecule has 2 radical (unpaired) electrons. The van der Waals surface area contributed by atoms with Crippen LogP contribution in [0, 0.1) is 0 Å². The van der Waals surface area contributed by atoms with E-state index in [4.69, 9.17) is 0 Å². The van der Waals surface area contributed by atoms with Gasteiger partial charge in [0, 0.05) is 0 Å². The van der Waals surface area contributed by atoms with Crippen LogP contribution in [0.1, 0.15) is 0 Å². The third kappa shape index (κ3) is 0.138. The van der Waals surface area contributed by atoms with Crippen LogP contribution in [0.15, 0.2) is 0 Å². The second-order valence-electron chi connectivity index (χ2n) is 0.622. The van der Waals surface area contributed by atoms with Crippen molar-refractivity contribution >= 4 is 14.6 Å². The minimum atomic E-state index is 1.82. The number of nitrogens with one attached hydrogen (secondary N) is 2. The quantitative estimate of drug-likeness (QED) is 0.319. The van der Waals surface area contributed by atoms with E-state index in [-0.39, 0.29) is 0 Å². The lowest BCUT2D eigenvalue weighted by molar-refractivity contribution is 0.913. The highest BCUT2D eigenvalue weighted by Crippen LogP contribution is 1.47. The van der Waals surface area contributed by atoms with Crippen molar-refractivity contribution in [3.63, 3.8) is 0 Å². The van der Waals surface area contributed by atoms with Crippen LogP contribution in [0.3, 0.4) is 0 Å². The van der Waals surface area contributed by atoms with E-state index in [1.54, 1.807) is 0 Å². The van der Waals surface area contributed by atoms with Crippen molar-refractivity contribution in [2.75, 3.05) is 0 Å². The summed E-state index contributed by atoms with van der Waals surface area (Å²) < 4.78 is 0. The van der Waals surface area contributed by atoms with Crippen LogP contribution < -0.4 is 10.7 Å². The third-order valence-corrected chi connectivity index (χ3v) is 0.333. The Bertz CT molecular complexity index is 12.0. The fraction of sp³-hybridized carbons (Fsp3) is 0. The van der Waals surface area contributed by atoms with Crippen molar-refractivity contribution in [3.05, 3.63) is 0 Å². The van der Waals surface area contributed by atoms with Crippen molar-refractivity contribution in [1.29, 1.82) is 0 Å². The smallest absolute Gasteiger partial charge is 0.200 e. The molecule has 1 rings (SSSR count). The van der Waals surface area contributed by atoms with E-state index in [2.05, 4.69) is 10.7 Å². The highest BCUT2D eigenvalue weighted by molar-refractivity contribution is 7.01. The molecule has 1 heterocycles. The Morgan fingerprint density at radius 3 is 1.25 bits per heavy atom. The first kappa shape index (κ1) is 2.30. The van der Waals surface area contributed by atoms with E-state index in [1.807, 2.05) is 14.6 Å². The Hall–Kier alpha value is 0.0499. The lowest BCUT2D eigenvalue weighted by atomic mass is 9.53. The molecule has 0 aliphatic carbocycles. The van der Waals surface area contributed by atoms with E-state index < -0.39 is 0 Å². The standard InChI is InChI=1S/B2H2N2/c1-2-4-3-1/h3-4H. The minimum Gasteiger partial charge on any atom is -0.322 e. The first-order chi connectivity index (χ1) is 2.00. The average Bonchev–Trinajstić information content (AvgIpc) is 0.722. The predicted octanol–water partition coefficient (Wildman–Crippen LogP) is -1.75. The zero-order valence-corrected chi connectivity index (χ0v) is 2.15. The van der Waals surface area contributed by atoms with Crippen LogP contribution in [-0.4, -0.2) is 14.6 Å². The summed E-state index contributed by atoms with van der Waals surface area (Å²) in [6.07, 6.45) is 0. The van der Waals surface area contributed by atoms with Gasteiger partial charge in [-0.3, -0.25) is 0 Å². The maximum atomic E-state index is 2.68. The summed E-state index contributed by atoms with van der Waals surface area (Å²) in [6, 6.07) is 0. The SMILES string of the molecule is [B]1[B]NN1. The molecule has 0 bridgehead atoms. The van der Waals surface area contributed by atoms with Crippen LogP contribution in [0.25, 0.3) is 0 Å². The molecule has 2 nitrogen and oxygen atoms in total. The Balaban J connectivity index is 2.00. The second kappa shape index (κ2) is 0.781. The van der Waals surface area contributed by atoms with E-state index >= 15 is 0 Å². The summed E-state index contributed by atoms with van der Waals surface area (Å²) in [5, 5.41) is 5.36. The largest absolute Gasteiger partial charge is 0.322 e. The molecular formula is H2B2N2. The Kier molecular flexibility index (Phi) is 0.449. The van der Waals surface area contributed by atoms with E-state index in [0.717, 1.165) is 0 Å². The summed E-state index contributed by atoms with van der Waals surface area (Å²) >= 11 is 0. The maximum absolute atomic E-state index is 2.68. The van der Waals surface area contributed by atoms with Gasteiger partial charge in [0.25, 0.3) is 0 Å². The van der Waals surface area contributed by atoms with Crippen LogP contribution in [0.2, 0.25) is 0 Å². The molecule has 4 heavy (non-hydrogen) atoms. The van der Waals surface area contributed by atoms with Crippen molar-refractivity contribution in [2.45, 2.75) is 0 Å². The summed E-state index contributed by atoms with van der Waals surface area (Å²) in [4.78, 5) is 0. The number of hydrogen-bond acceptors (Lipinski definition) is 2. The normalized spacial score (nSPS) is 20.0. The zero-order chi connectivity index (χ0) is 2.83. The van der Waals surface area contributed by atoms with E-state index in [0.29, 0.717) is 0 Å². The Morgan fingerprint density at radius 2 is 1.25 bits per heavy atom. The van der Waals surface area contributed by atoms with Crippen molar-refractivity contribution in [3.8, 4) is 0 Å². The molecular weight excluding hydrogens is 49.6 g/mol. The molecule has 0 aromatic heterocycles. The Labute approximate surface area is 26.4 Å². The maximum Gasteiger partial charge on any atom is 0.200 e. The van der Waals surface area contributed by atoms with Gasteiger partial charge < -0.3 is 10.7 Å². The fourth-order valence-electron chi connectivity index (χ4n) is 0.0833. The van der Waals surface area contributed by atoms with Gasteiger partial charge in [-0.1, -0.05) is 0 Å².